The number of carbonyl (C=O) groups excluding carboxylic acids is 2. The van der Waals surface area contributed by atoms with E-state index >= 15 is 0 Å². The Hall–Kier alpha value is -1.42. The van der Waals surface area contributed by atoms with Gasteiger partial charge in [0.15, 0.2) is 5.78 Å². The summed E-state index contributed by atoms with van der Waals surface area (Å²) >= 11 is 0. The summed E-state index contributed by atoms with van der Waals surface area (Å²) in [6, 6.07) is 0. The van der Waals surface area contributed by atoms with Crippen LogP contribution in [-0.2, 0) is 14.3 Å². The van der Waals surface area contributed by atoms with Crippen molar-refractivity contribution in [3.05, 3.63) is 23.3 Å². The fourth-order valence-corrected chi connectivity index (χ4v) is 7.82. The van der Waals surface area contributed by atoms with Crippen molar-refractivity contribution in [2.75, 3.05) is 0 Å². The van der Waals surface area contributed by atoms with Crippen LogP contribution in [0.15, 0.2) is 23.3 Å². The van der Waals surface area contributed by atoms with Gasteiger partial charge in [-0.15, -0.1) is 0 Å². The third-order valence-corrected chi connectivity index (χ3v) is 9.37. The molecule has 7 atom stereocenters. The summed E-state index contributed by atoms with van der Waals surface area (Å²) in [5.74, 6) is 1.12. The number of aliphatic hydroxyl groups is 1. The van der Waals surface area contributed by atoms with Gasteiger partial charge in [-0.2, -0.15) is 0 Å². The lowest BCUT2D eigenvalue weighted by Gasteiger charge is -2.58. The quantitative estimate of drug-likeness (QED) is 0.536. The van der Waals surface area contributed by atoms with Crippen molar-refractivity contribution < 1.29 is 19.4 Å². The molecule has 0 saturated heterocycles. The van der Waals surface area contributed by atoms with Crippen LogP contribution in [0.3, 0.4) is 0 Å². The molecule has 0 aromatic heterocycles. The van der Waals surface area contributed by atoms with E-state index in [1.807, 2.05) is 13.0 Å². The minimum atomic E-state index is -1.31. The topological polar surface area (TPSA) is 63.6 Å². The fourth-order valence-electron chi connectivity index (χ4n) is 7.82. The Labute approximate surface area is 174 Å². The molecular weight excluding hydrogens is 364 g/mol. The summed E-state index contributed by atoms with van der Waals surface area (Å²) in [6.45, 7) is 9.57. The smallest absolute Gasteiger partial charge is 0.302 e. The highest BCUT2D eigenvalue weighted by Gasteiger charge is 2.67. The molecule has 160 valence electrons. The van der Waals surface area contributed by atoms with Gasteiger partial charge >= 0.3 is 5.97 Å². The predicted molar refractivity (Wildman–Crippen MR) is 112 cm³/mol. The van der Waals surface area contributed by atoms with Crippen LogP contribution in [-0.4, -0.2) is 28.6 Å². The zero-order valence-corrected chi connectivity index (χ0v) is 18.6. The largest absolute Gasteiger partial charge is 0.462 e. The summed E-state index contributed by atoms with van der Waals surface area (Å²) in [5, 5.41) is 11.6. The number of Topliss-reactive ketones (excluding diaryl/α,β-unsaturated/α-hetero) is 1. The van der Waals surface area contributed by atoms with E-state index in [-0.39, 0.29) is 28.7 Å². The van der Waals surface area contributed by atoms with Crippen molar-refractivity contribution in [1.82, 2.24) is 0 Å². The van der Waals surface area contributed by atoms with Crippen molar-refractivity contribution in [3.63, 3.8) is 0 Å². The van der Waals surface area contributed by atoms with Crippen LogP contribution >= 0.6 is 0 Å². The first-order valence-corrected chi connectivity index (χ1v) is 11.3. The maximum atomic E-state index is 12.6. The monoisotopic (exact) mass is 400 g/mol. The standard InChI is InChI=1S/C25H36O4/c1-6-17-14-22-20-8-7-18-13-19(29-16(3)27)9-11-23(18,4)21(20)10-12-24(22,5)25(17,28)15(2)26/h6-7,19-22,28H,8-14H2,1-5H3/t19-,20+,21-,22-,23-,24-,25+/m0/s1. The zero-order valence-electron chi connectivity index (χ0n) is 18.6. The van der Waals surface area contributed by atoms with Crippen LogP contribution in [0.4, 0.5) is 0 Å². The van der Waals surface area contributed by atoms with Crippen molar-refractivity contribution in [1.29, 1.82) is 0 Å². The van der Waals surface area contributed by atoms with Gasteiger partial charge < -0.3 is 9.84 Å². The number of hydrogen-bond acceptors (Lipinski definition) is 4. The maximum absolute atomic E-state index is 12.6. The van der Waals surface area contributed by atoms with E-state index in [2.05, 4.69) is 19.9 Å². The molecule has 0 spiro atoms. The molecule has 3 fully saturated rings. The normalized spacial score (nSPS) is 47.7. The summed E-state index contributed by atoms with van der Waals surface area (Å²) in [4.78, 5) is 24.0. The molecule has 0 aliphatic heterocycles. The van der Waals surface area contributed by atoms with Crippen LogP contribution in [0.2, 0.25) is 0 Å². The van der Waals surface area contributed by atoms with Gasteiger partial charge in [0, 0.05) is 18.8 Å². The van der Waals surface area contributed by atoms with E-state index in [0.29, 0.717) is 17.8 Å². The number of rotatable bonds is 2. The van der Waals surface area contributed by atoms with Crippen LogP contribution in [0.5, 0.6) is 0 Å². The maximum Gasteiger partial charge on any atom is 0.302 e. The fraction of sp³-hybridized carbons (Fsp3) is 0.760. The molecule has 4 rings (SSSR count). The summed E-state index contributed by atoms with van der Waals surface area (Å²) < 4.78 is 5.53. The zero-order chi connectivity index (χ0) is 21.2. The number of fused-ring (bicyclic) bond motifs is 5. The van der Waals surface area contributed by atoms with E-state index in [1.165, 1.54) is 12.5 Å². The van der Waals surface area contributed by atoms with Crippen LogP contribution < -0.4 is 0 Å². The molecule has 0 unspecified atom stereocenters. The Morgan fingerprint density at radius 1 is 1.14 bits per heavy atom. The van der Waals surface area contributed by atoms with Crippen molar-refractivity contribution in [3.8, 4) is 0 Å². The van der Waals surface area contributed by atoms with Crippen LogP contribution in [0.1, 0.15) is 79.6 Å². The molecule has 0 bridgehead atoms. The van der Waals surface area contributed by atoms with Crippen molar-refractivity contribution in [2.45, 2.75) is 91.3 Å². The van der Waals surface area contributed by atoms with Gasteiger partial charge in [0.2, 0.25) is 0 Å². The Kier molecular flexibility index (Phi) is 4.88. The van der Waals surface area contributed by atoms with Gasteiger partial charge in [-0.1, -0.05) is 31.6 Å². The molecule has 4 nitrogen and oxygen atoms in total. The second-order valence-corrected chi connectivity index (χ2v) is 10.5. The molecule has 4 aliphatic rings. The van der Waals surface area contributed by atoms with E-state index in [1.54, 1.807) is 6.92 Å². The summed E-state index contributed by atoms with van der Waals surface area (Å²) in [5.41, 5.74) is 0.851. The summed E-state index contributed by atoms with van der Waals surface area (Å²) in [7, 11) is 0. The van der Waals surface area contributed by atoms with Crippen molar-refractivity contribution >= 4 is 11.8 Å². The SMILES string of the molecule is CC=C1C[C@H]2[C@@H]3CC=C4C[C@@H](OC(C)=O)CC[C@]4(C)[C@H]3CC[C@]2(C)[C@@]1(O)C(C)=O. The number of allylic oxidation sites excluding steroid dienone is 2. The first-order chi connectivity index (χ1) is 13.6. The number of esters is 1. The summed E-state index contributed by atoms with van der Waals surface area (Å²) in [6.07, 6.45) is 11.0. The molecule has 1 N–H and O–H groups in total. The minimum Gasteiger partial charge on any atom is -0.462 e. The van der Waals surface area contributed by atoms with Gasteiger partial charge in [0.25, 0.3) is 0 Å². The molecule has 0 radical (unpaired) electrons. The van der Waals surface area contributed by atoms with Crippen LogP contribution in [0.25, 0.3) is 0 Å². The Balaban J connectivity index is 1.67. The first-order valence-electron chi connectivity index (χ1n) is 11.3. The lowest BCUT2D eigenvalue weighted by Crippen LogP contribution is -2.57. The number of hydrogen-bond donors (Lipinski definition) is 1. The molecule has 3 saturated carbocycles. The van der Waals surface area contributed by atoms with Gasteiger partial charge in [-0.05, 0) is 81.1 Å². The molecule has 0 amide bonds. The lowest BCUT2D eigenvalue weighted by atomic mass is 9.46. The van der Waals surface area contributed by atoms with Gasteiger partial charge in [-0.3, -0.25) is 9.59 Å². The molecule has 29 heavy (non-hydrogen) atoms. The Bertz CT molecular complexity index is 795. The van der Waals surface area contributed by atoms with E-state index in [0.717, 1.165) is 50.5 Å². The lowest BCUT2D eigenvalue weighted by molar-refractivity contribution is -0.155. The van der Waals surface area contributed by atoms with Gasteiger partial charge in [-0.25, -0.2) is 0 Å². The predicted octanol–water partition coefficient (Wildman–Crippen LogP) is 4.76. The average Bonchev–Trinajstić information content (AvgIpc) is 2.90. The Morgan fingerprint density at radius 3 is 2.48 bits per heavy atom. The highest BCUT2D eigenvalue weighted by atomic mass is 16.5. The highest BCUT2D eigenvalue weighted by Crippen LogP contribution is 2.68. The minimum absolute atomic E-state index is 0.0149. The van der Waals surface area contributed by atoms with Crippen LogP contribution in [0, 0.1) is 28.6 Å². The van der Waals surface area contributed by atoms with E-state index in [9.17, 15) is 14.7 Å². The number of ketones is 1. The van der Waals surface area contributed by atoms with E-state index in [4.69, 9.17) is 4.74 Å². The first kappa shape index (κ1) is 20.8. The third kappa shape index (κ3) is 2.74. The van der Waals surface area contributed by atoms with Gasteiger partial charge in [0.05, 0.1) is 0 Å². The second-order valence-electron chi connectivity index (χ2n) is 10.5. The molecule has 4 heteroatoms. The number of carbonyl (C=O) groups is 2. The van der Waals surface area contributed by atoms with E-state index < -0.39 is 5.60 Å². The molecule has 0 aromatic carbocycles. The molecule has 4 aliphatic carbocycles. The molecule has 0 heterocycles. The number of ether oxygens (including phenoxy) is 1. The van der Waals surface area contributed by atoms with Crippen molar-refractivity contribution in [2.24, 2.45) is 28.6 Å². The Morgan fingerprint density at radius 2 is 1.86 bits per heavy atom. The highest BCUT2D eigenvalue weighted by molar-refractivity contribution is 5.90. The second kappa shape index (κ2) is 6.80. The molecule has 0 aromatic rings. The van der Waals surface area contributed by atoms with Gasteiger partial charge in [0.1, 0.15) is 11.7 Å². The third-order valence-electron chi connectivity index (χ3n) is 9.37. The average molecular weight is 401 g/mol. The molecular formula is C25H36O4.